The molecule has 0 saturated carbocycles. The van der Waals surface area contributed by atoms with Gasteiger partial charge in [-0.05, 0) is 25.1 Å². The molecule has 1 rings (SSSR count). The number of aliphatic hydroxyl groups excluding tert-OH is 1. The second-order valence-electron chi connectivity index (χ2n) is 5.62. The molecule has 20 heavy (non-hydrogen) atoms. The molecular formula is C16H23NO3. The summed E-state index contributed by atoms with van der Waals surface area (Å²) in [6.07, 6.45) is 3.21. The van der Waals surface area contributed by atoms with Crippen molar-refractivity contribution >= 4 is 12.0 Å². The minimum Gasteiger partial charge on any atom is -0.496 e. The quantitative estimate of drug-likeness (QED) is 0.783. The van der Waals surface area contributed by atoms with E-state index < -0.39 is 0 Å². The predicted octanol–water partition coefficient (Wildman–Crippen LogP) is 2.15. The topological polar surface area (TPSA) is 58.6 Å². The molecule has 0 unspecified atom stereocenters. The highest BCUT2D eigenvalue weighted by Gasteiger charge is 2.16. The molecular weight excluding hydrogens is 254 g/mol. The highest BCUT2D eigenvalue weighted by Crippen LogP contribution is 2.20. The lowest BCUT2D eigenvalue weighted by atomic mass is 9.95. The van der Waals surface area contributed by atoms with Crippen molar-refractivity contribution in [3.63, 3.8) is 0 Å². The van der Waals surface area contributed by atoms with E-state index in [2.05, 4.69) is 5.32 Å². The van der Waals surface area contributed by atoms with Crippen LogP contribution in [0.25, 0.3) is 6.08 Å². The van der Waals surface area contributed by atoms with Gasteiger partial charge in [0.1, 0.15) is 5.75 Å². The van der Waals surface area contributed by atoms with E-state index in [0.717, 1.165) is 16.9 Å². The second kappa shape index (κ2) is 7.10. The molecule has 0 aliphatic carbocycles. The number of carbonyl (C=O) groups excluding carboxylic acids is 1. The van der Waals surface area contributed by atoms with Gasteiger partial charge in [0.15, 0.2) is 0 Å². The van der Waals surface area contributed by atoms with Gasteiger partial charge in [-0.15, -0.1) is 0 Å². The van der Waals surface area contributed by atoms with E-state index in [1.807, 2.05) is 39.0 Å². The van der Waals surface area contributed by atoms with Gasteiger partial charge < -0.3 is 15.2 Å². The molecule has 4 nitrogen and oxygen atoms in total. The Kier molecular flexibility index (Phi) is 5.77. The van der Waals surface area contributed by atoms with Crippen molar-refractivity contribution in [1.29, 1.82) is 0 Å². The van der Waals surface area contributed by atoms with E-state index >= 15 is 0 Å². The van der Waals surface area contributed by atoms with Crippen molar-refractivity contribution in [1.82, 2.24) is 5.32 Å². The molecule has 0 fully saturated rings. The van der Waals surface area contributed by atoms with Crippen LogP contribution < -0.4 is 10.1 Å². The minimum absolute atomic E-state index is 0.0305. The molecule has 0 aromatic heterocycles. The van der Waals surface area contributed by atoms with Crippen molar-refractivity contribution in [2.45, 2.75) is 20.8 Å². The van der Waals surface area contributed by atoms with Gasteiger partial charge in [0.2, 0.25) is 5.91 Å². The van der Waals surface area contributed by atoms with E-state index in [4.69, 9.17) is 9.84 Å². The maximum atomic E-state index is 11.7. The Balaban J connectivity index is 2.68. The summed E-state index contributed by atoms with van der Waals surface area (Å²) in [7, 11) is 1.60. The summed E-state index contributed by atoms with van der Waals surface area (Å²) in [4.78, 5) is 11.7. The molecule has 0 atom stereocenters. The summed E-state index contributed by atoms with van der Waals surface area (Å²) in [6, 6.07) is 5.79. The van der Waals surface area contributed by atoms with Crippen LogP contribution in [0.2, 0.25) is 0 Å². The number of methoxy groups -OCH3 is 1. The number of nitrogens with one attached hydrogen (secondary N) is 1. The summed E-state index contributed by atoms with van der Waals surface area (Å²) in [6.45, 7) is 6.22. The first kappa shape index (κ1) is 16.2. The average Bonchev–Trinajstić information content (AvgIpc) is 2.43. The number of carbonyl (C=O) groups is 1. The van der Waals surface area contributed by atoms with Crippen LogP contribution in [-0.2, 0) is 4.79 Å². The Bertz CT molecular complexity index is 492. The number of hydrogen-bond donors (Lipinski definition) is 2. The Labute approximate surface area is 120 Å². The summed E-state index contributed by atoms with van der Waals surface area (Å²) >= 11 is 0. The Morgan fingerprint density at radius 2 is 2.15 bits per heavy atom. The van der Waals surface area contributed by atoms with Crippen molar-refractivity contribution in [2.75, 3.05) is 20.3 Å². The number of aryl methyl sites for hydroxylation is 1. The van der Waals surface area contributed by atoms with Gasteiger partial charge in [0, 0.05) is 30.2 Å². The van der Waals surface area contributed by atoms with Gasteiger partial charge in [0.05, 0.1) is 7.11 Å². The fourth-order valence-corrected chi connectivity index (χ4v) is 1.59. The fourth-order valence-electron chi connectivity index (χ4n) is 1.59. The van der Waals surface area contributed by atoms with Crippen LogP contribution in [-0.4, -0.2) is 31.3 Å². The van der Waals surface area contributed by atoms with Crippen molar-refractivity contribution in [3.05, 3.63) is 35.4 Å². The van der Waals surface area contributed by atoms with E-state index in [1.165, 1.54) is 6.08 Å². The average molecular weight is 277 g/mol. The molecule has 2 N–H and O–H groups in total. The number of hydrogen-bond acceptors (Lipinski definition) is 3. The summed E-state index contributed by atoms with van der Waals surface area (Å²) in [5.41, 5.74) is 1.65. The maximum absolute atomic E-state index is 11.7. The van der Waals surface area contributed by atoms with E-state index in [1.54, 1.807) is 13.2 Å². The molecule has 110 valence electrons. The predicted molar refractivity (Wildman–Crippen MR) is 80.6 cm³/mol. The Morgan fingerprint density at radius 1 is 1.45 bits per heavy atom. The monoisotopic (exact) mass is 277 g/mol. The lowest BCUT2D eigenvalue weighted by Crippen LogP contribution is -2.35. The van der Waals surface area contributed by atoms with Crippen LogP contribution >= 0.6 is 0 Å². The van der Waals surface area contributed by atoms with E-state index in [0.29, 0.717) is 6.54 Å². The molecule has 0 bridgehead atoms. The first-order chi connectivity index (χ1) is 9.38. The third-order valence-electron chi connectivity index (χ3n) is 2.97. The molecule has 0 saturated heterocycles. The molecule has 0 heterocycles. The Hall–Kier alpha value is -1.81. The molecule has 0 radical (unpaired) electrons. The zero-order valence-electron chi connectivity index (χ0n) is 12.6. The van der Waals surface area contributed by atoms with Crippen LogP contribution in [0.15, 0.2) is 24.3 Å². The Morgan fingerprint density at radius 3 is 2.75 bits per heavy atom. The normalized spacial score (nSPS) is 11.7. The lowest BCUT2D eigenvalue weighted by molar-refractivity contribution is -0.116. The van der Waals surface area contributed by atoms with Crippen molar-refractivity contribution in [2.24, 2.45) is 5.41 Å². The van der Waals surface area contributed by atoms with Gasteiger partial charge in [-0.1, -0.05) is 25.5 Å². The standard InChI is InChI=1S/C16H23NO3/c1-12-5-7-14(20-4)13(9-12)6-8-15(19)17-10-16(2,3)11-18/h5-9,18H,10-11H2,1-4H3,(H,17,19)/b8-6+. The minimum atomic E-state index is -0.315. The first-order valence-electron chi connectivity index (χ1n) is 6.59. The first-order valence-corrected chi connectivity index (χ1v) is 6.59. The van der Waals surface area contributed by atoms with Crippen LogP contribution in [0, 0.1) is 12.3 Å². The van der Waals surface area contributed by atoms with Gasteiger partial charge >= 0.3 is 0 Å². The number of rotatable bonds is 6. The van der Waals surface area contributed by atoms with E-state index in [-0.39, 0.29) is 17.9 Å². The highest BCUT2D eigenvalue weighted by molar-refractivity contribution is 5.92. The number of ether oxygens (including phenoxy) is 1. The van der Waals surface area contributed by atoms with Crippen LogP contribution in [0.3, 0.4) is 0 Å². The molecule has 0 spiro atoms. The number of benzene rings is 1. The summed E-state index contributed by atoms with van der Waals surface area (Å²) in [5.74, 6) is 0.547. The van der Waals surface area contributed by atoms with Gasteiger partial charge in [-0.2, -0.15) is 0 Å². The molecule has 0 aliphatic heterocycles. The molecule has 0 aliphatic rings. The van der Waals surface area contributed by atoms with Crippen molar-refractivity contribution < 1.29 is 14.6 Å². The van der Waals surface area contributed by atoms with E-state index in [9.17, 15) is 4.79 Å². The lowest BCUT2D eigenvalue weighted by Gasteiger charge is -2.21. The molecule has 1 amide bonds. The van der Waals surface area contributed by atoms with Crippen molar-refractivity contribution in [3.8, 4) is 5.75 Å². The number of aliphatic hydroxyl groups is 1. The van der Waals surface area contributed by atoms with Crippen LogP contribution in [0.4, 0.5) is 0 Å². The number of amides is 1. The smallest absolute Gasteiger partial charge is 0.244 e. The zero-order valence-corrected chi connectivity index (χ0v) is 12.6. The largest absolute Gasteiger partial charge is 0.496 e. The van der Waals surface area contributed by atoms with Crippen LogP contribution in [0.1, 0.15) is 25.0 Å². The summed E-state index contributed by atoms with van der Waals surface area (Å²) in [5, 5.41) is 11.9. The SMILES string of the molecule is COc1ccc(C)cc1/C=C/C(=O)NCC(C)(C)CO. The third-order valence-corrected chi connectivity index (χ3v) is 2.97. The van der Waals surface area contributed by atoms with Gasteiger partial charge in [-0.3, -0.25) is 4.79 Å². The second-order valence-corrected chi connectivity index (χ2v) is 5.62. The van der Waals surface area contributed by atoms with Gasteiger partial charge in [0.25, 0.3) is 0 Å². The highest BCUT2D eigenvalue weighted by atomic mass is 16.5. The zero-order chi connectivity index (χ0) is 15.2. The summed E-state index contributed by atoms with van der Waals surface area (Å²) < 4.78 is 5.25. The van der Waals surface area contributed by atoms with Gasteiger partial charge in [-0.25, -0.2) is 0 Å². The molecule has 1 aromatic carbocycles. The van der Waals surface area contributed by atoms with Crippen LogP contribution in [0.5, 0.6) is 5.75 Å². The molecule has 1 aromatic rings. The fraction of sp³-hybridized carbons (Fsp3) is 0.438. The molecule has 4 heteroatoms. The maximum Gasteiger partial charge on any atom is 0.244 e. The third kappa shape index (κ3) is 5.05.